The maximum absolute atomic E-state index is 12.7. The molecule has 0 saturated heterocycles. The van der Waals surface area contributed by atoms with Crippen LogP contribution in [-0.4, -0.2) is 6.10 Å². The average molecular weight is 166 g/mol. The van der Waals surface area contributed by atoms with Gasteiger partial charge in [0.25, 0.3) is 0 Å². The molecule has 0 amide bonds. The van der Waals surface area contributed by atoms with Gasteiger partial charge in [0.05, 0.1) is 6.10 Å². The van der Waals surface area contributed by atoms with E-state index in [1.165, 1.54) is 12.1 Å². The largest absolute Gasteiger partial charge is 0.490 e. The van der Waals surface area contributed by atoms with E-state index in [1.807, 2.05) is 6.92 Å². The molecule has 2 heteroatoms. The molecule has 0 aromatic heterocycles. The van der Waals surface area contributed by atoms with E-state index in [0.29, 0.717) is 5.75 Å². The fourth-order valence-corrected chi connectivity index (χ4v) is 1.48. The molecule has 64 valence electrons. The van der Waals surface area contributed by atoms with Crippen LogP contribution < -0.4 is 4.74 Å². The van der Waals surface area contributed by atoms with Gasteiger partial charge in [-0.1, -0.05) is 6.07 Å². The number of fused-ring (bicyclic) bond motifs is 1. The second kappa shape index (κ2) is 2.77. The lowest BCUT2D eigenvalue weighted by Gasteiger charge is -2.22. The van der Waals surface area contributed by atoms with Crippen LogP contribution >= 0.6 is 0 Å². The minimum absolute atomic E-state index is 0.220. The van der Waals surface area contributed by atoms with Gasteiger partial charge in [0.1, 0.15) is 11.6 Å². The maximum Gasteiger partial charge on any atom is 0.126 e. The van der Waals surface area contributed by atoms with Crippen LogP contribution in [0.4, 0.5) is 4.39 Å². The zero-order chi connectivity index (χ0) is 8.55. The molecule has 1 aromatic rings. The van der Waals surface area contributed by atoms with Gasteiger partial charge in [-0.3, -0.25) is 0 Å². The van der Waals surface area contributed by atoms with Gasteiger partial charge in [0.15, 0.2) is 0 Å². The van der Waals surface area contributed by atoms with E-state index in [1.54, 1.807) is 6.07 Å². The number of halogens is 1. The number of hydrogen-bond donors (Lipinski definition) is 0. The monoisotopic (exact) mass is 166 g/mol. The first-order valence-electron chi connectivity index (χ1n) is 4.21. The Morgan fingerprint density at radius 3 is 3.17 bits per heavy atom. The van der Waals surface area contributed by atoms with Crippen LogP contribution in [0.25, 0.3) is 0 Å². The number of aryl methyl sites for hydroxylation is 1. The van der Waals surface area contributed by atoms with Gasteiger partial charge in [0, 0.05) is 6.07 Å². The van der Waals surface area contributed by atoms with Crippen molar-refractivity contribution in [3.63, 3.8) is 0 Å². The molecule has 0 aliphatic carbocycles. The van der Waals surface area contributed by atoms with Crippen LogP contribution in [0.3, 0.4) is 0 Å². The van der Waals surface area contributed by atoms with E-state index >= 15 is 0 Å². The summed E-state index contributed by atoms with van der Waals surface area (Å²) in [5.41, 5.74) is 1.12. The summed E-state index contributed by atoms with van der Waals surface area (Å²) in [6.45, 7) is 2.01. The third kappa shape index (κ3) is 1.29. The summed E-state index contributed by atoms with van der Waals surface area (Å²) in [5, 5.41) is 0. The van der Waals surface area contributed by atoms with Crippen LogP contribution in [0.2, 0.25) is 0 Å². The fourth-order valence-electron chi connectivity index (χ4n) is 1.48. The lowest BCUT2D eigenvalue weighted by atomic mass is 10.0. The molecule has 0 fully saturated rings. The molecule has 1 atom stereocenters. The molecule has 0 N–H and O–H groups in total. The van der Waals surface area contributed by atoms with Crippen LogP contribution in [0.5, 0.6) is 5.75 Å². The minimum Gasteiger partial charge on any atom is -0.490 e. The first-order valence-corrected chi connectivity index (χ1v) is 4.21. The van der Waals surface area contributed by atoms with Gasteiger partial charge in [0.2, 0.25) is 0 Å². The van der Waals surface area contributed by atoms with E-state index in [4.69, 9.17) is 4.74 Å². The smallest absolute Gasteiger partial charge is 0.126 e. The van der Waals surface area contributed by atoms with Gasteiger partial charge in [-0.2, -0.15) is 0 Å². The molecule has 1 nitrogen and oxygen atoms in total. The lowest BCUT2D eigenvalue weighted by Crippen LogP contribution is -2.18. The van der Waals surface area contributed by atoms with Crippen molar-refractivity contribution in [3.05, 3.63) is 29.6 Å². The summed E-state index contributed by atoms with van der Waals surface area (Å²) >= 11 is 0. The van der Waals surface area contributed by atoms with E-state index in [9.17, 15) is 4.39 Å². The Kier molecular flexibility index (Phi) is 1.75. The maximum atomic E-state index is 12.7. The predicted molar refractivity (Wildman–Crippen MR) is 44.8 cm³/mol. The zero-order valence-electron chi connectivity index (χ0n) is 7.01. The summed E-state index contributed by atoms with van der Waals surface area (Å²) in [4.78, 5) is 0. The van der Waals surface area contributed by atoms with Crippen molar-refractivity contribution in [2.75, 3.05) is 0 Å². The Morgan fingerprint density at radius 2 is 2.33 bits per heavy atom. The molecule has 1 aliphatic rings. The Balaban J connectivity index is 2.37. The van der Waals surface area contributed by atoms with Gasteiger partial charge in [-0.05, 0) is 31.4 Å². The van der Waals surface area contributed by atoms with Crippen LogP contribution in [0.1, 0.15) is 18.9 Å². The van der Waals surface area contributed by atoms with Crippen molar-refractivity contribution >= 4 is 0 Å². The van der Waals surface area contributed by atoms with Crippen molar-refractivity contribution in [1.82, 2.24) is 0 Å². The Morgan fingerprint density at radius 1 is 1.50 bits per heavy atom. The number of hydrogen-bond acceptors (Lipinski definition) is 1. The Labute approximate surface area is 71.2 Å². The topological polar surface area (TPSA) is 9.23 Å². The highest BCUT2D eigenvalue weighted by Crippen LogP contribution is 2.27. The number of rotatable bonds is 0. The van der Waals surface area contributed by atoms with Crippen molar-refractivity contribution in [2.24, 2.45) is 0 Å². The van der Waals surface area contributed by atoms with Crippen molar-refractivity contribution in [1.29, 1.82) is 0 Å². The van der Waals surface area contributed by atoms with Crippen molar-refractivity contribution < 1.29 is 9.13 Å². The molecule has 0 saturated carbocycles. The highest BCUT2D eigenvalue weighted by Gasteiger charge is 2.15. The Hall–Kier alpha value is -1.05. The van der Waals surface area contributed by atoms with Crippen LogP contribution in [-0.2, 0) is 6.42 Å². The Bertz CT molecular complexity index is 296. The number of benzene rings is 1. The second-order valence-corrected chi connectivity index (χ2v) is 3.22. The van der Waals surface area contributed by atoms with Crippen molar-refractivity contribution in [3.8, 4) is 5.75 Å². The molecule has 0 radical (unpaired) electrons. The summed E-state index contributed by atoms with van der Waals surface area (Å²) in [5.74, 6) is 0.497. The minimum atomic E-state index is -0.220. The van der Waals surface area contributed by atoms with Gasteiger partial charge < -0.3 is 4.74 Å². The lowest BCUT2D eigenvalue weighted by molar-refractivity contribution is 0.191. The SMILES string of the molecule is CC1CCc2ccc(F)cc2O1. The molecule has 1 unspecified atom stereocenters. The summed E-state index contributed by atoms with van der Waals surface area (Å²) in [6.07, 6.45) is 2.24. The normalized spacial score (nSPS) is 21.3. The molecule has 2 rings (SSSR count). The third-order valence-corrected chi connectivity index (χ3v) is 2.18. The fraction of sp³-hybridized carbons (Fsp3) is 0.400. The molecule has 0 spiro atoms. The predicted octanol–water partition coefficient (Wildman–Crippen LogP) is 2.54. The van der Waals surface area contributed by atoms with E-state index < -0.39 is 0 Å². The molecule has 12 heavy (non-hydrogen) atoms. The van der Waals surface area contributed by atoms with Gasteiger partial charge >= 0.3 is 0 Å². The summed E-state index contributed by atoms with van der Waals surface area (Å²) < 4.78 is 18.2. The van der Waals surface area contributed by atoms with E-state index in [-0.39, 0.29) is 11.9 Å². The highest BCUT2D eigenvalue weighted by molar-refractivity contribution is 5.35. The molecular weight excluding hydrogens is 155 g/mol. The van der Waals surface area contributed by atoms with Gasteiger partial charge in [-0.25, -0.2) is 4.39 Å². The molecule has 1 heterocycles. The second-order valence-electron chi connectivity index (χ2n) is 3.22. The molecule has 0 bridgehead atoms. The summed E-state index contributed by atoms with van der Waals surface area (Å²) in [7, 11) is 0. The quantitative estimate of drug-likeness (QED) is 0.575. The molecular formula is C10H11FO. The first kappa shape index (κ1) is 7.59. The standard InChI is InChI=1S/C10H11FO/c1-7-2-3-8-4-5-9(11)6-10(8)12-7/h4-7H,2-3H2,1H3. The average Bonchev–Trinajstić information content (AvgIpc) is 2.03. The third-order valence-electron chi connectivity index (χ3n) is 2.18. The van der Waals surface area contributed by atoms with Crippen molar-refractivity contribution in [2.45, 2.75) is 25.9 Å². The highest BCUT2D eigenvalue weighted by atomic mass is 19.1. The molecule has 1 aliphatic heterocycles. The van der Waals surface area contributed by atoms with Gasteiger partial charge in [-0.15, -0.1) is 0 Å². The van der Waals surface area contributed by atoms with Crippen LogP contribution in [0.15, 0.2) is 18.2 Å². The van der Waals surface area contributed by atoms with E-state index in [2.05, 4.69) is 0 Å². The van der Waals surface area contributed by atoms with E-state index in [0.717, 1.165) is 18.4 Å². The first-order chi connectivity index (χ1) is 5.75. The summed E-state index contributed by atoms with van der Waals surface area (Å²) in [6, 6.07) is 4.75. The van der Waals surface area contributed by atoms with Crippen LogP contribution in [0, 0.1) is 5.82 Å². The zero-order valence-corrected chi connectivity index (χ0v) is 7.01. The number of ether oxygens (including phenoxy) is 1. The molecule has 1 aromatic carbocycles.